The summed E-state index contributed by atoms with van der Waals surface area (Å²) >= 11 is 0. The van der Waals surface area contributed by atoms with Crippen LogP contribution in [0.25, 0.3) is 11.3 Å². The van der Waals surface area contributed by atoms with Crippen molar-refractivity contribution in [2.45, 2.75) is 6.10 Å². The van der Waals surface area contributed by atoms with Crippen LogP contribution in [0.3, 0.4) is 0 Å². The van der Waals surface area contributed by atoms with Crippen LogP contribution in [0.15, 0.2) is 63.7 Å². The first kappa shape index (κ1) is 14.9. The van der Waals surface area contributed by atoms with Gasteiger partial charge in [-0.15, -0.1) is 0 Å². The molecule has 0 fully saturated rings. The summed E-state index contributed by atoms with van der Waals surface area (Å²) in [6, 6.07) is 13.8. The number of carbonyl (C=O) groups excluding carboxylic acids is 1. The van der Waals surface area contributed by atoms with Crippen LogP contribution in [-0.2, 0) is 0 Å². The number of aromatic nitrogens is 1. The summed E-state index contributed by atoms with van der Waals surface area (Å²) in [4.78, 5) is 11.8. The maximum atomic E-state index is 11.8. The monoisotopic (exact) mass is 313 g/mol. The minimum Gasteiger partial charge on any atom is -0.467 e. The summed E-state index contributed by atoms with van der Waals surface area (Å²) in [5, 5.41) is 18.7. The third-order valence-electron chi connectivity index (χ3n) is 3.14. The lowest BCUT2D eigenvalue weighted by Gasteiger charge is -2.09. The Morgan fingerprint density at radius 1 is 1.22 bits per heavy atom. The summed E-state index contributed by atoms with van der Waals surface area (Å²) in [5.41, 5.74) is 0.863. The first-order chi connectivity index (χ1) is 11.2. The van der Waals surface area contributed by atoms with E-state index in [0.717, 1.165) is 5.56 Å². The Bertz CT molecular complexity index is 753. The van der Waals surface area contributed by atoms with Crippen LogP contribution < -0.4 is 10.6 Å². The molecule has 1 aromatic carbocycles. The number of aliphatic hydroxyl groups is 1. The Labute approximate surface area is 131 Å². The van der Waals surface area contributed by atoms with E-state index in [0.29, 0.717) is 11.5 Å². The van der Waals surface area contributed by atoms with Crippen LogP contribution in [0.1, 0.15) is 11.9 Å². The van der Waals surface area contributed by atoms with Crippen molar-refractivity contribution in [3.63, 3.8) is 0 Å². The predicted molar refractivity (Wildman–Crippen MR) is 82.6 cm³/mol. The van der Waals surface area contributed by atoms with Crippen LogP contribution in [0, 0.1) is 0 Å². The lowest BCUT2D eigenvalue weighted by atomic mass is 10.2. The molecule has 3 N–H and O–H groups in total. The highest BCUT2D eigenvalue weighted by atomic mass is 16.5. The van der Waals surface area contributed by atoms with Gasteiger partial charge in [0.25, 0.3) is 0 Å². The van der Waals surface area contributed by atoms with Gasteiger partial charge in [0, 0.05) is 11.6 Å². The van der Waals surface area contributed by atoms with Gasteiger partial charge in [-0.3, -0.25) is 5.32 Å². The summed E-state index contributed by atoms with van der Waals surface area (Å²) in [5.74, 6) is 1.23. The lowest BCUT2D eigenvalue weighted by molar-refractivity contribution is 0.149. The van der Waals surface area contributed by atoms with Crippen molar-refractivity contribution in [3.05, 3.63) is 60.6 Å². The molecule has 1 atom stereocenters. The molecule has 0 aliphatic carbocycles. The van der Waals surface area contributed by atoms with E-state index >= 15 is 0 Å². The van der Waals surface area contributed by atoms with Gasteiger partial charge in [0.1, 0.15) is 11.9 Å². The van der Waals surface area contributed by atoms with E-state index in [1.807, 2.05) is 30.3 Å². The minimum atomic E-state index is -0.909. The number of furan rings is 1. The zero-order chi connectivity index (χ0) is 16.1. The van der Waals surface area contributed by atoms with E-state index in [-0.39, 0.29) is 12.4 Å². The molecular formula is C16H15N3O4. The Hall–Kier alpha value is -3.06. The Balaban J connectivity index is 1.53. The Morgan fingerprint density at radius 2 is 2.04 bits per heavy atom. The maximum absolute atomic E-state index is 11.8. The van der Waals surface area contributed by atoms with Crippen molar-refractivity contribution in [3.8, 4) is 11.3 Å². The second-order valence-electron chi connectivity index (χ2n) is 4.81. The topological polar surface area (TPSA) is 101 Å². The maximum Gasteiger partial charge on any atom is 0.320 e. The molecule has 2 heterocycles. The van der Waals surface area contributed by atoms with Crippen molar-refractivity contribution in [1.29, 1.82) is 0 Å². The summed E-state index contributed by atoms with van der Waals surface area (Å²) in [7, 11) is 0. The van der Waals surface area contributed by atoms with Gasteiger partial charge in [0.15, 0.2) is 11.6 Å². The van der Waals surface area contributed by atoms with Crippen LogP contribution in [-0.4, -0.2) is 22.8 Å². The fourth-order valence-electron chi connectivity index (χ4n) is 2.00. The number of amides is 2. The molecule has 0 spiro atoms. The van der Waals surface area contributed by atoms with Gasteiger partial charge in [-0.1, -0.05) is 35.5 Å². The number of rotatable bonds is 5. The van der Waals surface area contributed by atoms with Gasteiger partial charge < -0.3 is 19.4 Å². The van der Waals surface area contributed by atoms with Crippen LogP contribution >= 0.6 is 0 Å². The molecule has 3 aromatic rings. The van der Waals surface area contributed by atoms with Crippen LogP contribution in [0.5, 0.6) is 0 Å². The zero-order valence-electron chi connectivity index (χ0n) is 12.1. The van der Waals surface area contributed by atoms with Crippen molar-refractivity contribution in [2.75, 3.05) is 11.9 Å². The molecule has 0 saturated heterocycles. The fraction of sp³-hybridized carbons (Fsp3) is 0.125. The standard InChI is InChI=1S/C16H15N3O4/c20-12(13-7-4-8-22-13)10-17-16(21)18-15-9-14(23-19-15)11-5-2-1-3-6-11/h1-9,12,20H,10H2,(H2,17,18,19,21). The number of hydrogen-bond acceptors (Lipinski definition) is 5. The normalized spacial score (nSPS) is 11.9. The van der Waals surface area contributed by atoms with Crippen molar-refractivity contribution in [1.82, 2.24) is 10.5 Å². The number of hydrogen-bond donors (Lipinski definition) is 3. The number of nitrogens with zero attached hydrogens (tertiary/aromatic N) is 1. The molecule has 0 saturated carbocycles. The summed E-state index contributed by atoms with van der Waals surface area (Å²) < 4.78 is 10.2. The third-order valence-corrected chi connectivity index (χ3v) is 3.14. The number of urea groups is 1. The number of anilines is 1. The molecular weight excluding hydrogens is 298 g/mol. The number of carbonyl (C=O) groups is 1. The molecule has 23 heavy (non-hydrogen) atoms. The lowest BCUT2D eigenvalue weighted by Crippen LogP contribution is -2.32. The van der Waals surface area contributed by atoms with E-state index < -0.39 is 12.1 Å². The Kier molecular flexibility index (Phi) is 4.39. The van der Waals surface area contributed by atoms with Gasteiger partial charge in [-0.2, -0.15) is 0 Å². The van der Waals surface area contributed by atoms with Crippen molar-refractivity contribution < 1.29 is 18.8 Å². The molecule has 2 aromatic heterocycles. The highest BCUT2D eigenvalue weighted by Crippen LogP contribution is 2.21. The van der Waals surface area contributed by atoms with Crippen molar-refractivity contribution in [2.24, 2.45) is 0 Å². The smallest absolute Gasteiger partial charge is 0.320 e. The molecule has 2 amide bonds. The molecule has 118 valence electrons. The van der Waals surface area contributed by atoms with Gasteiger partial charge in [-0.25, -0.2) is 4.79 Å². The number of benzene rings is 1. The largest absolute Gasteiger partial charge is 0.467 e. The summed E-state index contributed by atoms with van der Waals surface area (Å²) in [6.45, 7) is 0.0166. The summed E-state index contributed by atoms with van der Waals surface area (Å²) in [6.07, 6.45) is 0.548. The SMILES string of the molecule is O=C(NCC(O)c1ccco1)Nc1cc(-c2ccccc2)on1. The van der Waals surface area contributed by atoms with Gasteiger partial charge in [0.2, 0.25) is 0 Å². The number of nitrogens with one attached hydrogen (secondary N) is 2. The van der Waals surface area contributed by atoms with Gasteiger partial charge in [0.05, 0.1) is 12.8 Å². The van der Waals surface area contributed by atoms with E-state index in [2.05, 4.69) is 15.8 Å². The molecule has 0 aliphatic heterocycles. The average molecular weight is 313 g/mol. The average Bonchev–Trinajstić information content (AvgIpc) is 3.25. The molecule has 7 heteroatoms. The number of aliphatic hydroxyl groups excluding tert-OH is 1. The van der Waals surface area contributed by atoms with Crippen LogP contribution in [0.4, 0.5) is 10.6 Å². The van der Waals surface area contributed by atoms with Gasteiger partial charge in [-0.05, 0) is 12.1 Å². The molecule has 0 aliphatic rings. The quantitative estimate of drug-likeness (QED) is 0.672. The second kappa shape index (κ2) is 6.80. The Morgan fingerprint density at radius 3 is 2.78 bits per heavy atom. The fourth-order valence-corrected chi connectivity index (χ4v) is 2.00. The van der Waals surface area contributed by atoms with E-state index in [1.54, 1.807) is 18.2 Å². The molecule has 1 unspecified atom stereocenters. The molecule has 3 rings (SSSR count). The molecule has 7 nitrogen and oxygen atoms in total. The first-order valence-corrected chi connectivity index (χ1v) is 7.01. The van der Waals surface area contributed by atoms with Crippen LogP contribution in [0.2, 0.25) is 0 Å². The highest BCUT2D eigenvalue weighted by molar-refractivity contribution is 5.88. The first-order valence-electron chi connectivity index (χ1n) is 7.01. The minimum absolute atomic E-state index is 0.0166. The van der Waals surface area contributed by atoms with E-state index in [1.165, 1.54) is 6.26 Å². The van der Waals surface area contributed by atoms with E-state index in [9.17, 15) is 9.90 Å². The second-order valence-corrected chi connectivity index (χ2v) is 4.81. The highest BCUT2D eigenvalue weighted by Gasteiger charge is 2.13. The van der Waals surface area contributed by atoms with Crippen molar-refractivity contribution >= 4 is 11.8 Å². The third kappa shape index (κ3) is 3.78. The van der Waals surface area contributed by atoms with Gasteiger partial charge >= 0.3 is 6.03 Å². The molecule has 0 bridgehead atoms. The van der Waals surface area contributed by atoms with E-state index in [4.69, 9.17) is 8.94 Å². The zero-order valence-corrected chi connectivity index (χ0v) is 12.1. The predicted octanol–water partition coefficient (Wildman–Crippen LogP) is 2.79. The molecule has 0 radical (unpaired) electrons.